The van der Waals surface area contributed by atoms with Crippen molar-refractivity contribution >= 4 is 21.7 Å². The molecule has 78 valence electrons. The molecule has 2 rings (SSSR count). The van der Waals surface area contributed by atoms with E-state index in [0.717, 1.165) is 21.4 Å². The highest BCUT2D eigenvalue weighted by Crippen LogP contribution is 2.33. The third-order valence-corrected chi connectivity index (χ3v) is 3.02. The highest BCUT2D eigenvalue weighted by atomic mass is 79.9. The largest absolute Gasteiger partial charge is 0.381 e. The molecule has 0 atom stereocenters. The second-order valence-electron chi connectivity index (χ2n) is 3.51. The van der Waals surface area contributed by atoms with Gasteiger partial charge in [-0.2, -0.15) is 0 Å². The number of hydrogen-bond donors (Lipinski definition) is 1. The summed E-state index contributed by atoms with van der Waals surface area (Å²) >= 11 is 3.48. The Bertz CT molecular complexity index is 505. The molecule has 1 aromatic heterocycles. The molecule has 0 unspecified atom stereocenters. The van der Waals surface area contributed by atoms with E-state index in [-0.39, 0.29) is 0 Å². The molecular formula is C11H11BrN2O. The van der Waals surface area contributed by atoms with Crippen molar-refractivity contribution in [2.45, 2.75) is 13.8 Å². The highest BCUT2D eigenvalue weighted by Gasteiger charge is 2.14. The van der Waals surface area contributed by atoms with E-state index in [1.165, 1.54) is 5.56 Å². The van der Waals surface area contributed by atoms with E-state index in [2.05, 4.69) is 21.1 Å². The maximum atomic E-state index is 5.65. The van der Waals surface area contributed by atoms with Crippen molar-refractivity contribution in [1.29, 1.82) is 0 Å². The number of aromatic nitrogens is 1. The average Bonchev–Trinajstić information content (AvgIpc) is 2.52. The quantitative estimate of drug-likeness (QED) is 0.862. The molecular weight excluding hydrogens is 256 g/mol. The first-order valence-corrected chi connectivity index (χ1v) is 5.37. The fourth-order valence-electron chi connectivity index (χ4n) is 1.41. The Balaban J connectivity index is 2.63. The van der Waals surface area contributed by atoms with E-state index in [9.17, 15) is 0 Å². The van der Waals surface area contributed by atoms with Crippen molar-refractivity contribution in [1.82, 2.24) is 5.16 Å². The molecule has 0 spiro atoms. The Morgan fingerprint density at radius 1 is 1.33 bits per heavy atom. The predicted molar refractivity (Wildman–Crippen MR) is 63.5 cm³/mol. The first-order valence-electron chi connectivity index (χ1n) is 4.58. The summed E-state index contributed by atoms with van der Waals surface area (Å²) in [7, 11) is 0. The van der Waals surface area contributed by atoms with Crippen molar-refractivity contribution < 1.29 is 4.52 Å². The zero-order valence-corrected chi connectivity index (χ0v) is 10.1. The zero-order chi connectivity index (χ0) is 11.0. The van der Waals surface area contributed by atoms with Crippen LogP contribution in [0, 0.1) is 13.8 Å². The molecule has 0 aliphatic carbocycles. The molecule has 3 nitrogen and oxygen atoms in total. The van der Waals surface area contributed by atoms with E-state index in [1.54, 1.807) is 0 Å². The second-order valence-corrected chi connectivity index (χ2v) is 4.36. The van der Waals surface area contributed by atoms with Gasteiger partial charge in [-0.1, -0.05) is 32.7 Å². The van der Waals surface area contributed by atoms with Crippen LogP contribution < -0.4 is 5.73 Å². The first kappa shape index (κ1) is 10.2. The number of anilines is 1. The van der Waals surface area contributed by atoms with E-state index in [0.29, 0.717) is 5.82 Å². The van der Waals surface area contributed by atoms with Gasteiger partial charge < -0.3 is 10.3 Å². The average molecular weight is 267 g/mol. The van der Waals surface area contributed by atoms with Crippen LogP contribution in [0.5, 0.6) is 0 Å². The number of nitrogen functional groups attached to an aromatic ring is 1. The Kier molecular flexibility index (Phi) is 2.52. The molecule has 0 aliphatic rings. The molecule has 1 aromatic carbocycles. The molecule has 2 N–H and O–H groups in total. The molecule has 0 radical (unpaired) electrons. The molecule has 0 fully saturated rings. The van der Waals surface area contributed by atoms with Crippen LogP contribution in [-0.2, 0) is 0 Å². The van der Waals surface area contributed by atoms with Crippen molar-refractivity contribution in [3.8, 4) is 11.3 Å². The van der Waals surface area contributed by atoms with Crippen molar-refractivity contribution in [2.24, 2.45) is 0 Å². The third kappa shape index (κ3) is 1.77. The summed E-state index contributed by atoms with van der Waals surface area (Å²) in [4.78, 5) is 0. The van der Waals surface area contributed by atoms with E-state index < -0.39 is 0 Å². The number of rotatable bonds is 1. The lowest BCUT2D eigenvalue weighted by atomic mass is 10.1. The van der Waals surface area contributed by atoms with Gasteiger partial charge in [0.1, 0.15) is 0 Å². The zero-order valence-electron chi connectivity index (χ0n) is 8.54. The lowest BCUT2D eigenvalue weighted by Crippen LogP contribution is -1.87. The maximum absolute atomic E-state index is 5.65. The van der Waals surface area contributed by atoms with Crippen LogP contribution in [-0.4, -0.2) is 5.16 Å². The number of halogens is 1. The lowest BCUT2D eigenvalue weighted by molar-refractivity contribution is 0.435. The van der Waals surface area contributed by atoms with Gasteiger partial charge in [-0.15, -0.1) is 0 Å². The van der Waals surface area contributed by atoms with Crippen molar-refractivity contribution in [3.63, 3.8) is 0 Å². The summed E-state index contributed by atoms with van der Waals surface area (Å²) in [5.41, 5.74) is 8.67. The Morgan fingerprint density at radius 3 is 2.67 bits per heavy atom. The monoisotopic (exact) mass is 266 g/mol. The van der Waals surface area contributed by atoms with Gasteiger partial charge in [0.2, 0.25) is 0 Å². The molecule has 0 bridgehead atoms. The first-order chi connectivity index (χ1) is 7.09. The van der Waals surface area contributed by atoms with Gasteiger partial charge in [0, 0.05) is 15.6 Å². The van der Waals surface area contributed by atoms with Crippen LogP contribution in [0.2, 0.25) is 0 Å². The number of nitrogens with two attached hydrogens (primary N) is 1. The van der Waals surface area contributed by atoms with Crippen LogP contribution >= 0.6 is 15.9 Å². The molecule has 0 saturated carbocycles. The SMILES string of the molecule is Cc1ccc(Br)c(-c2onc(N)c2C)c1. The minimum atomic E-state index is 0.443. The number of aryl methyl sites for hydroxylation is 1. The fraction of sp³-hybridized carbons (Fsp3) is 0.182. The minimum Gasteiger partial charge on any atom is -0.381 e. The topological polar surface area (TPSA) is 52.0 Å². The summed E-state index contributed by atoms with van der Waals surface area (Å²) in [5, 5.41) is 3.75. The fourth-order valence-corrected chi connectivity index (χ4v) is 1.84. The van der Waals surface area contributed by atoms with Gasteiger partial charge in [0.25, 0.3) is 0 Å². The molecule has 0 aliphatic heterocycles. The summed E-state index contributed by atoms with van der Waals surface area (Å²) in [6, 6.07) is 6.06. The molecule has 15 heavy (non-hydrogen) atoms. The van der Waals surface area contributed by atoms with Gasteiger partial charge in [-0.3, -0.25) is 0 Å². The Morgan fingerprint density at radius 2 is 2.07 bits per heavy atom. The van der Waals surface area contributed by atoms with Crippen LogP contribution in [0.25, 0.3) is 11.3 Å². The van der Waals surface area contributed by atoms with Gasteiger partial charge in [-0.25, -0.2) is 0 Å². The normalized spacial score (nSPS) is 10.6. The van der Waals surface area contributed by atoms with Crippen molar-refractivity contribution in [3.05, 3.63) is 33.8 Å². The van der Waals surface area contributed by atoms with E-state index >= 15 is 0 Å². The third-order valence-electron chi connectivity index (χ3n) is 2.33. The van der Waals surface area contributed by atoms with Crippen LogP contribution in [0.1, 0.15) is 11.1 Å². The highest BCUT2D eigenvalue weighted by molar-refractivity contribution is 9.10. The van der Waals surface area contributed by atoms with Gasteiger partial charge in [0.15, 0.2) is 11.6 Å². The number of hydrogen-bond acceptors (Lipinski definition) is 3. The minimum absolute atomic E-state index is 0.443. The van der Waals surface area contributed by atoms with Gasteiger partial charge >= 0.3 is 0 Å². The van der Waals surface area contributed by atoms with Crippen molar-refractivity contribution in [2.75, 3.05) is 5.73 Å². The summed E-state index contributed by atoms with van der Waals surface area (Å²) in [5.74, 6) is 1.17. The standard InChI is InChI=1S/C11H11BrN2O/c1-6-3-4-9(12)8(5-6)10-7(2)11(13)14-15-10/h3-5H,1-2H3,(H2,13,14). The number of benzene rings is 1. The second kappa shape index (κ2) is 3.70. The summed E-state index contributed by atoms with van der Waals surface area (Å²) in [6.07, 6.45) is 0. The Labute approximate surface area is 96.4 Å². The van der Waals surface area contributed by atoms with E-state index in [1.807, 2.05) is 32.0 Å². The molecule has 0 amide bonds. The van der Waals surface area contributed by atoms with Gasteiger partial charge in [-0.05, 0) is 26.0 Å². The predicted octanol–water partition coefficient (Wildman–Crippen LogP) is 3.30. The lowest BCUT2D eigenvalue weighted by Gasteiger charge is -2.02. The molecule has 2 aromatic rings. The van der Waals surface area contributed by atoms with Crippen LogP contribution in [0.3, 0.4) is 0 Å². The smallest absolute Gasteiger partial charge is 0.173 e. The maximum Gasteiger partial charge on any atom is 0.173 e. The Hall–Kier alpha value is -1.29. The van der Waals surface area contributed by atoms with Crippen LogP contribution in [0.15, 0.2) is 27.2 Å². The summed E-state index contributed by atoms with van der Waals surface area (Å²) in [6.45, 7) is 3.93. The van der Waals surface area contributed by atoms with E-state index in [4.69, 9.17) is 10.3 Å². The van der Waals surface area contributed by atoms with Gasteiger partial charge in [0.05, 0.1) is 0 Å². The summed E-state index contributed by atoms with van der Waals surface area (Å²) < 4.78 is 6.19. The van der Waals surface area contributed by atoms with Crippen LogP contribution in [0.4, 0.5) is 5.82 Å². The molecule has 4 heteroatoms. The molecule has 1 heterocycles. The number of nitrogens with zero attached hydrogens (tertiary/aromatic N) is 1. The molecule has 0 saturated heterocycles.